The zero-order valence-electron chi connectivity index (χ0n) is 17.8. The molecule has 0 aliphatic carbocycles. The third kappa shape index (κ3) is 5.77. The van der Waals surface area contributed by atoms with Crippen molar-refractivity contribution in [1.82, 2.24) is 4.90 Å². The van der Waals surface area contributed by atoms with E-state index in [1.807, 2.05) is 23.3 Å². The van der Waals surface area contributed by atoms with E-state index >= 15 is 0 Å². The highest BCUT2D eigenvalue weighted by Gasteiger charge is 2.32. The highest BCUT2D eigenvalue weighted by atomic mass is 32.2. The van der Waals surface area contributed by atoms with E-state index in [4.69, 9.17) is 14.6 Å². The maximum Gasteiger partial charge on any atom is 0.416 e. The minimum atomic E-state index is -4.37. The summed E-state index contributed by atoms with van der Waals surface area (Å²) in [6.45, 7) is 5.36. The van der Waals surface area contributed by atoms with Gasteiger partial charge in [0.2, 0.25) is 0 Å². The summed E-state index contributed by atoms with van der Waals surface area (Å²) in [5.41, 5.74) is 1.79. The molecule has 3 unspecified atom stereocenters. The molecule has 0 fully saturated rings. The van der Waals surface area contributed by atoms with Gasteiger partial charge in [-0.1, -0.05) is 24.3 Å². The number of carbonyl (C=O) groups is 1. The maximum absolute atomic E-state index is 12.9. The van der Waals surface area contributed by atoms with Gasteiger partial charge in [0.15, 0.2) is 12.8 Å². The first-order valence-corrected chi connectivity index (χ1v) is 10.9. The van der Waals surface area contributed by atoms with E-state index in [2.05, 4.69) is 0 Å². The van der Waals surface area contributed by atoms with E-state index in [9.17, 15) is 18.0 Å². The number of allylic oxidation sites excluding steroid dienone is 1. The van der Waals surface area contributed by atoms with Gasteiger partial charge in [-0.15, -0.1) is 11.8 Å². The largest absolute Gasteiger partial charge is 0.479 e. The van der Waals surface area contributed by atoms with E-state index in [0.717, 1.165) is 29.0 Å². The Morgan fingerprint density at radius 1 is 1.19 bits per heavy atom. The Bertz CT molecular complexity index is 978. The van der Waals surface area contributed by atoms with Gasteiger partial charge in [0, 0.05) is 5.70 Å². The van der Waals surface area contributed by atoms with E-state index in [0.29, 0.717) is 5.75 Å². The van der Waals surface area contributed by atoms with Crippen LogP contribution in [0.2, 0.25) is 0 Å². The molecule has 2 aromatic carbocycles. The van der Waals surface area contributed by atoms with Crippen molar-refractivity contribution in [2.24, 2.45) is 0 Å². The predicted octanol–water partition coefficient (Wildman–Crippen LogP) is 6.20. The number of hydrogen-bond acceptors (Lipinski definition) is 5. The fourth-order valence-electron chi connectivity index (χ4n) is 3.20. The lowest BCUT2D eigenvalue weighted by molar-refractivity contribution is -0.152. The number of alkyl halides is 3. The van der Waals surface area contributed by atoms with Gasteiger partial charge in [-0.2, -0.15) is 13.2 Å². The van der Waals surface area contributed by atoms with Crippen molar-refractivity contribution in [3.63, 3.8) is 0 Å². The molecule has 0 amide bonds. The van der Waals surface area contributed by atoms with Crippen molar-refractivity contribution in [3.8, 4) is 5.75 Å². The number of hydrogen-bond donors (Lipinski definition) is 1. The van der Waals surface area contributed by atoms with Crippen LogP contribution < -0.4 is 4.74 Å². The summed E-state index contributed by atoms with van der Waals surface area (Å²) in [6.07, 6.45) is -5.74. The monoisotopic (exact) mass is 467 g/mol. The van der Waals surface area contributed by atoms with Crippen LogP contribution in [0.4, 0.5) is 13.2 Å². The van der Waals surface area contributed by atoms with E-state index in [1.165, 1.54) is 30.8 Å². The van der Waals surface area contributed by atoms with Crippen LogP contribution in [0.1, 0.15) is 48.9 Å². The van der Waals surface area contributed by atoms with Gasteiger partial charge in [0.05, 0.1) is 11.7 Å². The van der Waals surface area contributed by atoms with Gasteiger partial charge in [0.1, 0.15) is 11.1 Å². The molecule has 0 aromatic heterocycles. The Morgan fingerprint density at radius 3 is 2.50 bits per heavy atom. The van der Waals surface area contributed by atoms with Gasteiger partial charge in [0.25, 0.3) is 0 Å². The highest BCUT2D eigenvalue weighted by molar-refractivity contribution is 8.02. The summed E-state index contributed by atoms with van der Waals surface area (Å²) in [7, 11) is 0. The molecule has 0 saturated heterocycles. The number of ether oxygens (including phenoxy) is 2. The van der Waals surface area contributed by atoms with Crippen LogP contribution in [-0.2, 0) is 15.7 Å². The number of rotatable bonds is 8. The minimum absolute atomic E-state index is 0.195. The standard InChI is InChI=1S/C23H24F3NO4S/c1-14-12-32-21(17-7-9-19(10-8-17)23(24,25)26)27(14)13-30-20-6-4-5-18(11-20)15(2)31-16(3)22(28)29/h4-12,15-16,21H,13H2,1-3H3,(H,28,29). The Morgan fingerprint density at radius 2 is 1.88 bits per heavy atom. The second-order valence-corrected chi connectivity index (χ2v) is 8.40. The lowest BCUT2D eigenvalue weighted by Gasteiger charge is -2.28. The lowest BCUT2D eigenvalue weighted by atomic mass is 10.1. The zero-order chi connectivity index (χ0) is 23.5. The Hall–Kier alpha value is -2.65. The molecule has 32 heavy (non-hydrogen) atoms. The molecule has 0 saturated carbocycles. The molecule has 9 heteroatoms. The normalized spacial score (nSPS) is 18.2. The van der Waals surface area contributed by atoms with Crippen LogP contribution in [0.25, 0.3) is 0 Å². The number of benzene rings is 2. The van der Waals surface area contributed by atoms with Crippen molar-refractivity contribution in [1.29, 1.82) is 0 Å². The third-order valence-electron chi connectivity index (χ3n) is 5.08. The first-order valence-electron chi connectivity index (χ1n) is 9.93. The van der Waals surface area contributed by atoms with Crippen LogP contribution in [0, 0.1) is 0 Å². The van der Waals surface area contributed by atoms with Crippen molar-refractivity contribution in [3.05, 3.63) is 76.3 Å². The fourth-order valence-corrected chi connectivity index (χ4v) is 4.35. The van der Waals surface area contributed by atoms with Crippen LogP contribution in [-0.4, -0.2) is 28.8 Å². The fraction of sp³-hybridized carbons (Fsp3) is 0.348. The molecule has 3 rings (SSSR count). The van der Waals surface area contributed by atoms with E-state index in [-0.39, 0.29) is 12.1 Å². The zero-order valence-corrected chi connectivity index (χ0v) is 18.6. The first-order chi connectivity index (χ1) is 15.1. The van der Waals surface area contributed by atoms with Crippen molar-refractivity contribution < 1.29 is 32.5 Å². The molecular weight excluding hydrogens is 443 g/mol. The van der Waals surface area contributed by atoms with Crippen molar-refractivity contribution >= 4 is 17.7 Å². The highest BCUT2D eigenvalue weighted by Crippen LogP contribution is 2.43. The molecule has 1 N–H and O–H groups in total. The Balaban J connectivity index is 1.67. The van der Waals surface area contributed by atoms with Crippen LogP contribution in [0.3, 0.4) is 0 Å². The third-order valence-corrected chi connectivity index (χ3v) is 6.34. The second-order valence-electron chi connectivity index (χ2n) is 7.44. The van der Waals surface area contributed by atoms with E-state index in [1.54, 1.807) is 25.1 Å². The molecule has 1 heterocycles. The maximum atomic E-state index is 12.9. The summed E-state index contributed by atoms with van der Waals surface area (Å²) in [4.78, 5) is 13.0. The van der Waals surface area contributed by atoms with Gasteiger partial charge in [-0.05, 0) is 61.6 Å². The second kappa shape index (κ2) is 9.87. The Kier molecular flexibility index (Phi) is 7.40. The topological polar surface area (TPSA) is 59.0 Å². The summed E-state index contributed by atoms with van der Waals surface area (Å²) in [6, 6.07) is 12.4. The molecule has 1 aliphatic rings. The van der Waals surface area contributed by atoms with Gasteiger partial charge in [-0.3, -0.25) is 0 Å². The number of carboxylic acids is 1. The number of halogens is 3. The van der Waals surface area contributed by atoms with Crippen LogP contribution in [0.5, 0.6) is 5.75 Å². The quantitative estimate of drug-likeness (QED) is 0.499. The smallest absolute Gasteiger partial charge is 0.416 e. The average molecular weight is 468 g/mol. The van der Waals surface area contributed by atoms with Crippen LogP contribution in [0.15, 0.2) is 59.6 Å². The molecule has 0 radical (unpaired) electrons. The summed E-state index contributed by atoms with van der Waals surface area (Å²) in [5.74, 6) is -0.454. The Labute approximate surface area is 188 Å². The van der Waals surface area contributed by atoms with E-state index < -0.39 is 29.9 Å². The molecule has 1 aliphatic heterocycles. The number of nitrogens with zero attached hydrogens (tertiary/aromatic N) is 1. The number of carboxylic acid groups (broad SMARTS) is 1. The van der Waals surface area contributed by atoms with Gasteiger partial charge >= 0.3 is 12.1 Å². The molecule has 0 spiro atoms. The molecule has 5 nitrogen and oxygen atoms in total. The molecule has 0 bridgehead atoms. The van der Waals surface area contributed by atoms with Crippen molar-refractivity contribution in [2.75, 3.05) is 6.73 Å². The summed E-state index contributed by atoms with van der Waals surface area (Å²) in [5, 5.41) is 10.8. The van der Waals surface area contributed by atoms with Gasteiger partial charge < -0.3 is 19.5 Å². The van der Waals surface area contributed by atoms with Crippen molar-refractivity contribution in [2.45, 2.75) is 44.5 Å². The number of thioether (sulfide) groups is 1. The molecule has 3 atom stereocenters. The number of aliphatic carboxylic acids is 1. The summed E-state index contributed by atoms with van der Waals surface area (Å²) >= 11 is 1.50. The predicted molar refractivity (Wildman–Crippen MR) is 116 cm³/mol. The first kappa shape index (κ1) is 24.0. The molecule has 2 aromatic rings. The van der Waals surface area contributed by atoms with Crippen LogP contribution >= 0.6 is 11.8 Å². The minimum Gasteiger partial charge on any atom is -0.479 e. The lowest BCUT2D eigenvalue weighted by Crippen LogP contribution is -2.26. The van der Waals surface area contributed by atoms with Gasteiger partial charge in [-0.25, -0.2) is 4.79 Å². The average Bonchev–Trinajstić information content (AvgIpc) is 3.12. The SMILES string of the molecule is CC1=CSC(c2ccc(C(F)(F)F)cc2)N1COc1cccc(C(C)OC(C)C(=O)O)c1. The molecular formula is C23H24F3NO4S. The summed E-state index contributed by atoms with van der Waals surface area (Å²) < 4.78 is 50.0. The molecule has 172 valence electrons.